The van der Waals surface area contributed by atoms with E-state index in [4.69, 9.17) is 16.0 Å². The Balaban J connectivity index is 0. The van der Waals surface area contributed by atoms with Crippen molar-refractivity contribution >= 4 is 10.1 Å². The van der Waals surface area contributed by atoms with Gasteiger partial charge < -0.3 is 11.5 Å². The molecule has 0 fully saturated rings. The maximum atomic E-state index is 9.79. The second kappa shape index (κ2) is 8.92. The molecule has 0 radical (unpaired) electrons. The van der Waals surface area contributed by atoms with Crippen LogP contribution in [0.5, 0.6) is 0 Å². The number of nitrogens with two attached hydrogens (primary N) is 2. The van der Waals surface area contributed by atoms with Crippen LogP contribution in [0.15, 0.2) is 0 Å². The first-order valence-electron chi connectivity index (χ1n) is 3.83. The van der Waals surface area contributed by atoms with Gasteiger partial charge in [0, 0.05) is 0 Å². The van der Waals surface area contributed by atoms with Gasteiger partial charge >= 0.3 is 0 Å². The monoisotopic (exact) mass is 198 g/mol. The summed E-state index contributed by atoms with van der Waals surface area (Å²) in [5, 5.41) is 0. The first-order chi connectivity index (χ1) is 5.47. The van der Waals surface area contributed by atoms with E-state index in [9.17, 15) is 8.42 Å². The minimum Gasteiger partial charge on any atom is -0.330 e. The standard InChI is InChI=1S/C3H10N2.C3H8O3S/c4-2-1-3-5;1-2-3-7(4,5)6/h1-5H2;2-3H2,1H3,(H,4,5,6). The summed E-state index contributed by atoms with van der Waals surface area (Å²) >= 11 is 0. The average Bonchev–Trinajstić information content (AvgIpc) is 1.87. The maximum Gasteiger partial charge on any atom is 0.264 e. The van der Waals surface area contributed by atoms with Gasteiger partial charge in [0.15, 0.2) is 0 Å². The van der Waals surface area contributed by atoms with Gasteiger partial charge in [-0.15, -0.1) is 0 Å². The van der Waals surface area contributed by atoms with E-state index in [1.54, 1.807) is 6.92 Å². The smallest absolute Gasteiger partial charge is 0.264 e. The topological polar surface area (TPSA) is 106 Å². The molecule has 0 amide bonds. The van der Waals surface area contributed by atoms with Gasteiger partial charge in [-0.3, -0.25) is 4.55 Å². The van der Waals surface area contributed by atoms with Gasteiger partial charge in [-0.25, -0.2) is 0 Å². The van der Waals surface area contributed by atoms with Gasteiger partial charge in [0.1, 0.15) is 0 Å². The van der Waals surface area contributed by atoms with Gasteiger partial charge in [-0.05, 0) is 25.9 Å². The van der Waals surface area contributed by atoms with Crippen molar-refractivity contribution < 1.29 is 13.0 Å². The first kappa shape index (κ1) is 14.4. The van der Waals surface area contributed by atoms with E-state index in [-0.39, 0.29) is 5.75 Å². The summed E-state index contributed by atoms with van der Waals surface area (Å²) in [6.45, 7) is 3.13. The Hall–Kier alpha value is -0.170. The van der Waals surface area contributed by atoms with E-state index < -0.39 is 10.1 Å². The lowest BCUT2D eigenvalue weighted by atomic mass is 10.4. The summed E-state index contributed by atoms with van der Waals surface area (Å²) in [4.78, 5) is 0. The lowest BCUT2D eigenvalue weighted by molar-refractivity contribution is 0.482. The molecular weight excluding hydrogens is 180 g/mol. The summed E-state index contributed by atoms with van der Waals surface area (Å²) in [7, 11) is -3.67. The summed E-state index contributed by atoms with van der Waals surface area (Å²) in [5.74, 6) is -0.132. The lowest BCUT2D eigenvalue weighted by Crippen LogP contribution is -2.06. The normalized spacial score (nSPS) is 10.3. The Morgan fingerprint density at radius 1 is 1.25 bits per heavy atom. The molecule has 0 aliphatic heterocycles. The summed E-state index contributed by atoms with van der Waals surface area (Å²) in [6, 6.07) is 0. The van der Waals surface area contributed by atoms with Crippen LogP contribution in [-0.2, 0) is 10.1 Å². The fraction of sp³-hybridized carbons (Fsp3) is 1.00. The van der Waals surface area contributed by atoms with Crippen molar-refractivity contribution in [1.82, 2.24) is 0 Å². The highest BCUT2D eigenvalue weighted by Gasteiger charge is 1.98. The summed E-state index contributed by atoms with van der Waals surface area (Å²) < 4.78 is 27.6. The molecule has 0 aromatic heterocycles. The quantitative estimate of drug-likeness (QED) is 0.532. The van der Waals surface area contributed by atoms with Gasteiger partial charge in [0.25, 0.3) is 10.1 Å². The van der Waals surface area contributed by atoms with Crippen LogP contribution in [0.3, 0.4) is 0 Å². The van der Waals surface area contributed by atoms with Gasteiger partial charge in [0.05, 0.1) is 5.75 Å². The molecule has 5 N–H and O–H groups in total. The van der Waals surface area contributed by atoms with Crippen molar-refractivity contribution in [3.05, 3.63) is 0 Å². The van der Waals surface area contributed by atoms with Crippen molar-refractivity contribution in [2.45, 2.75) is 19.8 Å². The fourth-order valence-corrected chi connectivity index (χ4v) is 0.892. The van der Waals surface area contributed by atoms with E-state index in [0.29, 0.717) is 6.42 Å². The number of hydrogen-bond acceptors (Lipinski definition) is 4. The Kier molecular flexibility index (Phi) is 10.7. The molecule has 0 saturated heterocycles. The van der Waals surface area contributed by atoms with Crippen LogP contribution in [0, 0.1) is 0 Å². The highest BCUT2D eigenvalue weighted by atomic mass is 32.2. The van der Waals surface area contributed by atoms with Gasteiger partial charge in [0.2, 0.25) is 0 Å². The SMILES string of the molecule is CCCS(=O)(=O)O.NCCCN. The van der Waals surface area contributed by atoms with Crippen LogP contribution in [0.4, 0.5) is 0 Å². The molecule has 0 spiro atoms. The molecule has 0 atom stereocenters. The minimum absolute atomic E-state index is 0.132. The third kappa shape index (κ3) is 22.5. The third-order valence-electron chi connectivity index (χ3n) is 0.870. The third-order valence-corrected chi connectivity index (χ3v) is 1.79. The molecule has 0 saturated carbocycles. The highest BCUT2D eigenvalue weighted by molar-refractivity contribution is 7.85. The van der Waals surface area contributed by atoms with Crippen LogP contribution in [0.25, 0.3) is 0 Å². The molecular formula is C6H18N2O3S. The summed E-state index contributed by atoms with van der Waals surface area (Å²) in [6.07, 6.45) is 1.42. The van der Waals surface area contributed by atoms with Crippen LogP contribution in [0.2, 0.25) is 0 Å². The fourth-order valence-electron chi connectivity index (χ4n) is 0.376. The molecule has 0 heterocycles. The molecule has 0 aliphatic rings. The molecule has 6 heteroatoms. The maximum absolute atomic E-state index is 9.79. The van der Waals surface area contributed by atoms with Crippen molar-refractivity contribution in [2.75, 3.05) is 18.8 Å². The number of rotatable bonds is 4. The molecule has 0 aromatic rings. The zero-order valence-electron chi connectivity index (χ0n) is 7.36. The molecule has 0 unspecified atom stereocenters. The van der Waals surface area contributed by atoms with Crippen LogP contribution >= 0.6 is 0 Å². The van der Waals surface area contributed by atoms with Gasteiger partial charge in [-0.2, -0.15) is 8.42 Å². The van der Waals surface area contributed by atoms with Crippen molar-refractivity contribution in [2.24, 2.45) is 11.5 Å². The molecule has 0 aromatic carbocycles. The van der Waals surface area contributed by atoms with E-state index >= 15 is 0 Å². The minimum atomic E-state index is -3.67. The lowest BCUT2D eigenvalue weighted by Gasteiger charge is -1.85. The van der Waals surface area contributed by atoms with E-state index in [2.05, 4.69) is 0 Å². The molecule has 5 nitrogen and oxygen atoms in total. The van der Waals surface area contributed by atoms with Crippen LogP contribution in [0.1, 0.15) is 19.8 Å². The molecule has 0 bridgehead atoms. The second-order valence-electron chi connectivity index (χ2n) is 2.22. The molecule has 12 heavy (non-hydrogen) atoms. The van der Waals surface area contributed by atoms with Gasteiger partial charge in [-0.1, -0.05) is 6.92 Å². The predicted octanol–water partition coefficient (Wildman–Crippen LogP) is -0.422. The Bertz CT molecular complexity index is 166. The van der Waals surface area contributed by atoms with Crippen molar-refractivity contribution in [3.63, 3.8) is 0 Å². The average molecular weight is 198 g/mol. The first-order valence-corrected chi connectivity index (χ1v) is 5.44. The Morgan fingerprint density at radius 3 is 1.67 bits per heavy atom. The Morgan fingerprint density at radius 2 is 1.67 bits per heavy atom. The number of hydrogen-bond donors (Lipinski definition) is 3. The molecule has 76 valence electrons. The van der Waals surface area contributed by atoms with E-state index in [1.807, 2.05) is 0 Å². The zero-order valence-corrected chi connectivity index (χ0v) is 8.18. The van der Waals surface area contributed by atoms with Crippen molar-refractivity contribution in [1.29, 1.82) is 0 Å². The Labute approximate surface area is 73.9 Å². The second-order valence-corrected chi connectivity index (χ2v) is 3.79. The molecule has 0 rings (SSSR count). The van der Waals surface area contributed by atoms with Crippen LogP contribution in [-0.4, -0.2) is 31.8 Å². The highest BCUT2D eigenvalue weighted by Crippen LogP contribution is 1.83. The van der Waals surface area contributed by atoms with Crippen LogP contribution < -0.4 is 11.5 Å². The largest absolute Gasteiger partial charge is 0.330 e. The van der Waals surface area contributed by atoms with E-state index in [0.717, 1.165) is 19.5 Å². The predicted molar refractivity (Wildman–Crippen MR) is 49.4 cm³/mol. The zero-order chi connectivity index (χ0) is 10.0. The summed E-state index contributed by atoms with van der Waals surface area (Å²) in [5.41, 5.74) is 10.1. The molecule has 0 aliphatic carbocycles. The van der Waals surface area contributed by atoms with E-state index in [1.165, 1.54) is 0 Å². The van der Waals surface area contributed by atoms with Crippen molar-refractivity contribution in [3.8, 4) is 0 Å².